The Morgan fingerprint density at radius 2 is 1.95 bits per heavy atom. The Kier molecular flexibility index (Phi) is 4.53. The molecule has 0 spiro atoms. The molecule has 0 heterocycles. The highest BCUT2D eigenvalue weighted by Gasteiger charge is 2.06. The maximum absolute atomic E-state index is 12.1. The van der Waals surface area contributed by atoms with Crippen LogP contribution < -0.4 is 11.1 Å². The van der Waals surface area contributed by atoms with Gasteiger partial charge in [-0.05, 0) is 42.7 Å². The molecule has 0 bridgehead atoms. The second-order valence-corrected chi connectivity index (χ2v) is 5.02. The van der Waals surface area contributed by atoms with E-state index in [2.05, 4.69) is 37.4 Å². The topological polar surface area (TPSA) is 55.1 Å². The Morgan fingerprint density at radius 3 is 2.70 bits per heavy atom. The first-order valence-electron chi connectivity index (χ1n) is 6.73. The minimum atomic E-state index is -0.0683. The SMILES string of the molecule is Cc1ccc(C)c(CNC(=O)c2cccc(CN)c2)c1. The maximum Gasteiger partial charge on any atom is 0.251 e. The highest BCUT2D eigenvalue weighted by Crippen LogP contribution is 2.11. The van der Waals surface area contributed by atoms with Crippen LogP contribution in [0.25, 0.3) is 0 Å². The first kappa shape index (κ1) is 14.3. The molecule has 0 saturated carbocycles. The zero-order valence-electron chi connectivity index (χ0n) is 11.9. The van der Waals surface area contributed by atoms with Crippen LogP contribution >= 0.6 is 0 Å². The van der Waals surface area contributed by atoms with Crippen LogP contribution in [-0.4, -0.2) is 5.91 Å². The summed E-state index contributed by atoms with van der Waals surface area (Å²) in [6.07, 6.45) is 0. The monoisotopic (exact) mass is 268 g/mol. The summed E-state index contributed by atoms with van der Waals surface area (Å²) in [6, 6.07) is 13.7. The number of aryl methyl sites for hydroxylation is 2. The average molecular weight is 268 g/mol. The van der Waals surface area contributed by atoms with Gasteiger partial charge in [0.05, 0.1) is 0 Å². The molecule has 2 aromatic rings. The van der Waals surface area contributed by atoms with Crippen molar-refractivity contribution in [3.63, 3.8) is 0 Å². The van der Waals surface area contributed by atoms with Gasteiger partial charge < -0.3 is 11.1 Å². The molecule has 0 radical (unpaired) electrons. The van der Waals surface area contributed by atoms with E-state index in [9.17, 15) is 4.79 Å². The fraction of sp³-hybridized carbons (Fsp3) is 0.235. The maximum atomic E-state index is 12.1. The molecular formula is C17H20N2O. The molecule has 0 aliphatic heterocycles. The van der Waals surface area contributed by atoms with Crippen molar-refractivity contribution >= 4 is 5.91 Å². The minimum absolute atomic E-state index is 0.0683. The summed E-state index contributed by atoms with van der Waals surface area (Å²) in [5.41, 5.74) is 10.7. The second kappa shape index (κ2) is 6.35. The van der Waals surface area contributed by atoms with Crippen LogP contribution in [-0.2, 0) is 13.1 Å². The van der Waals surface area contributed by atoms with Crippen LogP contribution in [0, 0.1) is 13.8 Å². The van der Waals surface area contributed by atoms with Crippen molar-refractivity contribution in [2.45, 2.75) is 26.9 Å². The van der Waals surface area contributed by atoms with Gasteiger partial charge in [0, 0.05) is 18.7 Å². The molecule has 1 amide bonds. The third kappa shape index (κ3) is 3.45. The molecule has 3 heteroatoms. The quantitative estimate of drug-likeness (QED) is 0.895. The van der Waals surface area contributed by atoms with Crippen LogP contribution in [0.1, 0.15) is 32.6 Å². The lowest BCUT2D eigenvalue weighted by atomic mass is 10.1. The third-order valence-corrected chi connectivity index (χ3v) is 3.37. The van der Waals surface area contributed by atoms with E-state index in [1.54, 1.807) is 6.07 Å². The van der Waals surface area contributed by atoms with Crippen molar-refractivity contribution in [2.75, 3.05) is 0 Å². The molecule has 0 unspecified atom stereocenters. The predicted octanol–water partition coefficient (Wildman–Crippen LogP) is 2.69. The van der Waals surface area contributed by atoms with Gasteiger partial charge >= 0.3 is 0 Å². The van der Waals surface area contributed by atoms with Crippen molar-refractivity contribution < 1.29 is 4.79 Å². The lowest BCUT2D eigenvalue weighted by Crippen LogP contribution is -2.23. The number of nitrogens with two attached hydrogens (primary N) is 1. The summed E-state index contributed by atoms with van der Waals surface area (Å²) in [7, 11) is 0. The van der Waals surface area contributed by atoms with Gasteiger partial charge in [-0.15, -0.1) is 0 Å². The van der Waals surface area contributed by atoms with Gasteiger partial charge in [-0.2, -0.15) is 0 Å². The zero-order chi connectivity index (χ0) is 14.5. The molecule has 2 aromatic carbocycles. The lowest BCUT2D eigenvalue weighted by molar-refractivity contribution is 0.0951. The van der Waals surface area contributed by atoms with E-state index in [0.29, 0.717) is 18.7 Å². The molecule has 0 aliphatic carbocycles. The number of hydrogen-bond acceptors (Lipinski definition) is 2. The number of hydrogen-bond donors (Lipinski definition) is 2. The fourth-order valence-electron chi connectivity index (χ4n) is 2.11. The van der Waals surface area contributed by atoms with E-state index >= 15 is 0 Å². The largest absolute Gasteiger partial charge is 0.348 e. The lowest BCUT2D eigenvalue weighted by Gasteiger charge is -2.09. The number of benzene rings is 2. The van der Waals surface area contributed by atoms with Gasteiger partial charge in [0.1, 0.15) is 0 Å². The number of nitrogens with one attached hydrogen (secondary N) is 1. The van der Waals surface area contributed by atoms with E-state index in [1.165, 1.54) is 11.1 Å². The van der Waals surface area contributed by atoms with Crippen LogP contribution in [0.5, 0.6) is 0 Å². The van der Waals surface area contributed by atoms with Gasteiger partial charge in [0.25, 0.3) is 5.91 Å². The number of carbonyl (C=O) groups excluding carboxylic acids is 1. The third-order valence-electron chi connectivity index (χ3n) is 3.37. The van der Waals surface area contributed by atoms with Gasteiger partial charge in [-0.3, -0.25) is 4.79 Å². The number of amides is 1. The predicted molar refractivity (Wildman–Crippen MR) is 81.4 cm³/mol. The summed E-state index contributed by atoms with van der Waals surface area (Å²) in [5.74, 6) is -0.0683. The Morgan fingerprint density at radius 1 is 1.15 bits per heavy atom. The van der Waals surface area contributed by atoms with Crippen molar-refractivity contribution in [1.82, 2.24) is 5.32 Å². The van der Waals surface area contributed by atoms with Crippen LogP contribution in [0.15, 0.2) is 42.5 Å². The summed E-state index contributed by atoms with van der Waals surface area (Å²) in [6.45, 7) is 5.09. The van der Waals surface area contributed by atoms with Gasteiger partial charge in [0.15, 0.2) is 0 Å². The van der Waals surface area contributed by atoms with Gasteiger partial charge in [-0.1, -0.05) is 35.9 Å². The summed E-state index contributed by atoms with van der Waals surface area (Å²) in [5, 5.41) is 2.95. The van der Waals surface area contributed by atoms with Crippen LogP contribution in [0.3, 0.4) is 0 Å². The molecule has 2 rings (SSSR count). The molecule has 3 N–H and O–H groups in total. The zero-order valence-corrected chi connectivity index (χ0v) is 11.9. The molecular weight excluding hydrogens is 248 g/mol. The summed E-state index contributed by atoms with van der Waals surface area (Å²) in [4.78, 5) is 12.1. The minimum Gasteiger partial charge on any atom is -0.348 e. The van der Waals surface area contributed by atoms with Crippen LogP contribution in [0.4, 0.5) is 0 Å². The van der Waals surface area contributed by atoms with E-state index < -0.39 is 0 Å². The first-order chi connectivity index (χ1) is 9.60. The Bertz CT molecular complexity index is 620. The molecule has 0 atom stereocenters. The highest BCUT2D eigenvalue weighted by molar-refractivity contribution is 5.94. The Labute approximate surface area is 119 Å². The molecule has 0 aliphatic rings. The average Bonchev–Trinajstić information content (AvgIpc) is 2.48. The molecule has 20 heavy (non-hydrogen) atoms. The van der Waals surface area contributed by atoms with Crippen molar-refractivity contribution in [3.8, 4) is 0 Å². The normalized spacial score (nSPS) is 10.3. The summed E-state index contributed by atoms with van der Waals surface area (Å²) >= 11 is 0. The molecule has 0 fully saturated rings. The second-order valence-electron chi connectivity index (χ2n) is 5.02. The van der Waals surface area contributed by atoms with E-state index in [0.717, 1.165) is 11.1 Å². The van der Waals surface area contributed by atoms with Gasteiger partial charge in [-0.25, -0.2) is 0 Å². The highest BCUT2D eigenvalue weighted by atomic mass is 16.1. The summed E-state index contributed by atoms with van der Waals surface area (Å²) < 4.78 is 0. The number of carbonyl (C=O) groups is 1. The molecule has 0 saturated heterocycles. The first-order valence-corrected chi connectivity index (χ1v) is 6.73. The van der Waals surface area contributed by atoms with E-state index in [1.807, 2.05) is 18.2 Å². The van der Waals surface area contributed by atoms with Crippen molar-refractivity contribution in [1.29, 1.82) is 0 Å². The fourth-order valence-corrected chi connectivity index (χ4v) is 2.11. The molecule has 0 aromatic heterocycles. The van der Waals surface area contributed by atoms with Gasteiger partial charge in [0.2, 0.25) is 0 Å². The van der Waals surface area contributed by atoms with E-state index in [-0.39, 0.29) is 5.91 Å². The molecule has 104 valence electrons. The Balaban J connectivity index is 2.06. The standard InChI is InChI=1S/C17H20N2O/c1-12-6-7-13(2)16(8-12)11-19-17(20)15-5-3-4-14(9-15)10-18/h3-9H,10-11,18H2,1-2H3,(H,19,20). The van der Waals surface area contributed by atoms with Crippen LogP contribution in [0.2, 0.25) is 0 Å². The smallest absolute Gasteiger partial charge is 0.251 e. The van der Waals surface area contributed by atoms with E-state index in [4.69, 9.17) is 5.73 Å². The molecule has 3 nitrogen and oxygen atoms in total. The van der Waals surface area contributed by atoms with Crippen molar-refractivity contribution in [2.24, 2.45) is 5.73 Å². The Hall–Kier alpha value is -2.13. The number of rotatable bonds is 4. The van der Waals surface area contributed by atoms with Crippen molar-refractivity contribution in [3.05, 3.63) is 70.3 Å².